The summed E-state index contributed by atoms with van der Waals surface area (Å²) in [5.74, 6) is 1.32. The van der Waals surface area contributed by atoms with Gasteiger partial charge in [-0.1, -0.05) is 32.6 Å². The number of nitrogens with zero attached hydrogens (tertiary/aromatic N) is 2. The number of fused-ring (bicyclic) bond motifs is 3. The summed E-state index contributed by atoms with van der Waals surface area (Å²) < 4.78 is 17.9. The minimum Gasteiger partial charge on any atom is -0.496 e. The Hall–Kier alpha value is -3.56. The molecule has 3 heterocycles. The van der Waals surface area contributed by atoms with Crippen molar-refractivity contribution in [1.82, 2.24) is 20.5 Å². The van der Waals surface area contributed by atoms with E-state index in [0.717, 1.165) is 92.7 Å². The van der Waals surface area contributed by atoms with Crippen LogP contribution in [0.5, 0.6) is 11.6 Å². The van der Waals surface area contributed by atoms with E-state index in [1.165, 1.54) is 0 Å². The average molecular weight is 621 g/mol. The van der Waals surface area contributed by atoms with Gasteiger partial charge in [-0.2, -0.15) is 0 Å². The monoisotopic (exact) mass is 620 g/mol. The molecule has 4 aliphatic rings. The van der Waals surface area contributed by atoms with Crippen molar-refractivity contribution in [2.75, 3.05) is 20.3 Å². The molecule has 2 aromatic rings. The first-order chi connectivity index (χ1) is 21.8. The molecule has 2 N–H and O–H groups in total. The first-order valence-electron chi connectivity index (χ1n) is 17.0. The van der Waals surface area contributed by atoms with Crippen LogP contribution in [0.25, 0.3) is 10.8 Å². The summed E-state index contributed by atoms with van der Waals surface area (Å²) in [6.07, 6.45) is 11.1. The third-order valence-electron chi connectivity index (χ3n) is 10.6. The summed E-state index contributed by atoms with van der Waals surface area (Å²) in [7, 11) is 1.68. The summed E-state index contributed by atoms with van der Waals surface area (Å²) in [4.78, 5) is 47.7. The Morgan fingerprint density at radius 3 is 2.71 bits per heavy atom. The second-order valence-electron chi connectivity index (χ2n) is 13.7. The summed E-state index contributed by atoms with van der Waals surface area (Å²) in [5, 5.41) is 8.04. The quantitative estimate of drug-likeness (QED) is 0.466. The van der Waals surface area contributed by atoms with Gasteiger partial charge in [-0.3, -0.25) is 9.59 Å². The van der Waals surface area contributed by atoms with E-state index in [1.54, 1.807) is 18.2 Å². The van der Waals surface area contributed by atoms with Gasteiger partial charge >= 0.3 is 6.09 Å². The number of nitrogens with one attached hydrogen (secondary N) is 2. The number of aromatic nitrogens is 1. The minimum absolute atomic E-state index is 0.00775. The Morgan fingerprint density at radius 2 is 1.96 bits per heavy atom. The normalized spacial score (nSPS) is 29.7. The van der Waals surface area contributed by atoms with Crippen molar-refractivity contribution in [3.8, 4) is 11.6 Å². The van der Waals surface area contributed by atoms with E-state index in [9.17, 15) is 14.4 Å². The number of ether oxygens (including phenoxy) is 3. The highest BCUT2D eigenvalue weighted by Crippen LogP contribution is 2.45. The predicted molar refractivity (Wildman–Crippen MR) is 170 cm³/mol. The van der Waals surface area contributed by atoms with Crippen molar-refractivity contribution in [2.45, 2.75) is 115 Å². The molecule has 2 saturated carbocycles. The van der Waals surface area contributed by atoms with E-state index in [0.29, 0.717) is 18.2 Å². The summed E-state index contributed by atoms with van der Waals surface area (Å²) in [5.41, 5.74) is 0.796. The van der Waals surface area contributed by atoms with Crippen LogP contribution in [0.1, 0.15) is 90.0 Å². The molecule has 2 unspecified atom stereocenters. The molecular formula is C35H48N4O6. The maximum Gasteiger partial charge on any atom is 0.407 e. The number of carbonyl (C=O) groups is 3. The molecule has 2 aliphatic heterocycles. The van der Waals surface area contributed by atoms with Crippen molar-refractivity contribution in [2.24, 2.45) is 11.8 Å². The van der Waals surface area contributed by atoms with Crippen LogP contribution in [0, 0.1) is 11.8 Å². The maximum absolute atomic E-state index is 14.5. The Kier molecular flexibility index (Phi) is 9.38. The number of amides is 3. The highest BCUT2D eigenvalue weighted by molar-refractivity contribution is 5.93. The topological polar surface area (TPSA) is 119 Å². The van der Waals surface area contributed by atoms with Crippen LogP contribution in [-0.2, 0) is 20.7 Å². The van der Waals surface area contributed by atoms with Gasteiger partial charge in [0.2, 0.25) is 17.7 Å². The zero-order valence-corrected chi connectivity index (χ0v) is 26.9. The lowest BCUT2D eigenvalue weighted by Crippen LogP contribution is -2.57. The van der Waals surface area contributed by atoms with Crippen LogP contribution < -0.4 is 20.1 Å². The van der Waals surface area contributed by atoms with Gasteiger partial charge < -0.3 is 29.7 Å². The van der Waals surface area contributed by atoms with Crippen LogP contribution in [0.15, 0.2) is 24.4 Å². The Morgan fingerprint density at radius 1 is 1.16 bits per heavy atom. The van der Waals surface area contributed by atoms with Gasteiger partial charge in [0.15, 0.2) is 0 Å². The molecule has 1 saturated heterocycles. The fourth-order valence-corrected chi connectivity index (χ4v) is 7.75. The van der Waals surface area contributed by atoms with E-state index < -0.39 is 24.3 Å². The molecule has 244 valence electrons. The minimum atomic E-state index is -0.753. The molecule has 3 fully saturated rings. The molecule has 6 rings (SSSR count). The van der Waals surface area contributed by atoms with Crippen LogP contribution in [0.4, 0.5) is 4.79 Å². The zero-order valence-electron chi connectivity index (χ0n) is 26.9. The largest absolute Gasteiger partial charge is 0.496 e. The van der Waals surface area contributed by atoms with E-state index in [-0.39, 0.29) is 36.4 Å². The van der Waals surface area contributed by atoms with Gasteiger partial charge in [-0.05, 0) is 92.9 Å². The lowest BCUT2D eigenvalue weighted by atomic mass is 9.83. The molecule has 2 aliphatic carbocycles. The van der Waals surface area contributed by atoms with Crippen LogP contribution in [0.2, 0.25) is 0 Å². The average Bonchev–Trinajstić information content (AvgIpc) is 3.50. The number of hydrogen-bond acceptors (Lipinski definition) is 7. The first-order valence-corrected chi connectivity index (χ1v) is 17.0. The number of rotatable bonds is 5. The van der Waals surface area contributed by atoms with E-state index in [4.69, 9.17) is 14.2 Å². The SMILES string of the molecule is CCC1CC1(C)NC(=O)[C@@H]1C[C@@H]2CN1C(=O)[C@H](C1CCCCC1)NC(=O)OCCCCCc1cc3c(nccc3cc1OC)O2. The van der Waals surface area contributed by atoms with Crippen molar-refractivity contribution in [1.29, 1.82) is 0 Å². The van der Waals surface area contributed by atoms with Gasteiger partial charge in [-0.15, -0.1) is 0 Å². The zero-order chi connectivity index (χ0) is 31.6. The number of pyridine rings is 1. The van der Waals surface area contributed by atoms with E-state index in [1.807, 2.05) is 12.1 Å². The van der Waals surface area contributed by atoms with Crippen LogP contribution in [0.3, 0.4) is 0 Å². The van der Waals surface area contributed by atoms with Gasteiger partial charge in [0, 0.05) is 23.5 Å². The highest BCUT2D eigenvalue weighted by Gasteiger charge is 2.52. The van der Waals surface area contributed by atoms with Gasteiger partial charge in [-0.25, -0.2) is 9.78 Å². The van der Waals surface area contributed by atoms with Gasteiger partial charge in [0.1, 0.15) is 23.9 Å². The fourth-order valence-electron chi connectivity index (χ4n) is 7.75. The number of alkyl carbamates (subject to hydrolysis) is 1. The van der Waals surface area contributed by atoms with Crippen molar-refractivity contribution < 1.29 is 28.6 Å². The maximum atomic E-state index is 14.5. The summed E-state index contributed by atoms with van der Waals surface area (Å²) >= 11 is 0. The number of hydrogen-bond donors (Lipinski definition) is 2. The molecule has 10 heteroatoms. The third kappa shape index (κ3) is 6.84. The van der Waals surface area contributed by atoms with Gasteiger partial charge in [0.25, 0.3) is 0 Å². The molecule has 0 spiro atoms. The lowest BCUT2D eigenvalue weighted by Gasteiger charge is -2.34. The fraction of sp³-hybridized carbons (Fsp3) is 0.657. The number of methoxy groups -OCH3 is 1. The second-order valence-corrected chi connectivity index (χ2v) is 13.7. The van der Waals surface area contributed by atoms with Crippen molar-refractivity contribution >= 4 is 28.7 Å². The molecule has 0 radical (unpaired) electrons. The number of carbonyl (C=O) groups excluding carboxylic acids is 3. The molecule has 45 heavy (non-hydrogen) atoms. The van der Waals surface area contributed by atoms with Gasteiger partial charge in [0.05, 0.1) is 20.3 Å². The summed E-state index contributed by atoms with van der Waals surface area (Å²) in [6.45, 7) is 4.72. The van der Waals surface area contributed by atoms with Crippen molar-refractivity contribution in [3.05, 3.63) is 30.0 Å². The van der Waals surface area contributed by atoms with Crippen molar-refractivity contribution in [3.63, 3.8) is 0 Å². The molecular weight excluding hydrogens is 572 g/mol. The van der Waals surface area contributed by atoms with E-state index in [2.05, 4.69) is 35.5 Å². The Balaban J connectivity index is 1.34. The standard InChI is InChI=1S/C35H48N4O6/c1-4-25-20-35(25,2)38-31(40)28-19-26-21-39(28)33(41)30(22-11-7-5-8-12-22)37-34(42)44-16-10-6-9-13-24-17-27-23(18-29(24)43-3)14-15-36-32(27)45-26/h14-15,17-18,22,25-26,28,30H,4-13,16,19-21H2,1-3H3,(H,37,42)(H,38,40)/t25?,26-,28+,30+,35?/m1/s1. The lowest BCUT2D eigenvalue weighted by molar-refractivity contribution is -0.141. The Bertz CT molecular complexity index is 1410. The summed E-state index contributed by atoms with van der Waals surface area (Å²) in [6, 6.07) is 4.58. The number of aryl methyl sites for hydroxylation is 1. The highest BCUT2D eigenvalue weighted by atomic mass is 16.5. The molecule has 1 aromatic carbocycles. The molecule has 1 aromatic heterocycles. The first kappa shape index (κ1) is 31.4. The second kappa shape index (κ2) is 13.4. The molecule has 5 atom stereocenters. The molecule has 3 amide bonds. The molecule has 4 bridgehead atoms. The predicted octanol–water partition coefficient (Wildman–Crippen LogP) is 5.30. The van der Waals surface area contributed by atoms with Crippen LogP contribution >= 0.6 is 0 Å². The Labute approximate surface area is 265 Å². The van der Waals surface area contributed by atoms with E-state index >= 15 is 0 Å². The molecule has 10 nitrogen and oxygen atoms in total. The smallest absolute Gasteiger partial charge is 0.407 e. The third-order valence-corrected chi connectivity index (χ3v) is 10.6. The number of benzene rings is 1. The number of cyclic esters (lactones) is 1. The van der Waals surface area contributed by atoms with Crippen LogP contribution in [-0.4, -0.2) is 71.8 Å².